The maximum atomic E-state index is 12.3. The molecule has 2 rings (SSSR count). The number of amides is 1. The van der Waals surface area contributed by atoms with Gasteiger partial charge in [0.2, 0.25) is 5.91 Å². The molecule has 0 aliphatic heterocycles. The third-order valence-corrected chi connectivity index (χ3v) is 4.29. The first-order valence-corrected chi connectivity index (χ1v) is 7.63. The Morgan fingerprint density at radius 3 is 2.71 bits per heavy atom. The third kappa shape index (κ3) is 3.62. The summed E-state index contributed by atoms with van der Waals surface area (Å²) in [6.07, 6.45) is 4.02. The SMILES string of the molecule is CCCc1cc(NC(=O)C2CC(CC)CC2C(=O)O)n[nH]1. The molecule has 1 aliphatic rings. The first-order valence-electron chi connectivity index (χ1n) is 7.63. The molecule has 1 aromatic rings. The Hall–Kier alpha value is -1.85. The van der Waals surface area contributed by atoms with Crippen LogP contribution in [-0.2, 0) is 16.0 Å². The molecular weight excluding hydrogens is 270 g/mol. The summed E-state index contributed by atoms with van der Waals surface area (Å²) in [6, 6.07) is 1.81. The molecule has 0 bridgehead atoms. The van der Waals surface area contributed by atoms with E-state index in [4.69, 9.17) is 0 Å². The van der Waals surface area contributed by atoms with Crippen LogP contribution in [0.4, 0.5) is 5.82 Å². The lowest BCUT2D eigenvalue weighted by atomic mass is 9.95. The maximum Gasteiger partial charge on any atom is 0.307 e. The molecule has 1 amide bonds. The number of H-pyrrole nitrogens is 1. The summed E-state index contributed by atoms with van der Waals surface area (Å²) in [5.74, 6) is -1.35. The van der Waals surface area contributed by atoms with E-state index < -0.39 is 17.8 Å². The van der Waals surface area contributed by atoms with Crippen molar-refractivity contribution in [1.29, 1.82) is 0 Å². The molecule has 0 saturated heterocycles. The van der Waals surface area contributed by atoms with Crippen LogP contribution in [0.5, 0.6) is 0 Å². The van der Waals surface area contributed by atoms with Crippen molar-refractivity contribution in [3.63, 3.8) is 0 Å². The van der Waals surface area contributed by atoms with E-state index in [-0.39, 0.29) is 5.91 Å². The van der Waals surface area contributed by atoms with Crippen LogP contribution in [0.1, 0.15) is 45.2 Å². The van der Waals surface area contributed by atoms with Crippen LogP contribution in [0.15, 0.2) is 6.07 Å². The van der Waals surface area contributed by atoms with Gasteiger partial charge in [0.25, 0.3) is 0 Å². The van der Waals surface area contributed by atoms with Crippen LogP contribution >= 0.6 is 0 Å². The number of carboxylic acids is 1. The minimum absolute atomic E-state index is 0.229. The van der Waals surface area contributed by atoms with Crippen molar-refractivity contribution in [3.05, 3.63) is 11.8 Å². The molecule has 1 aromatic heterocycles. The van der Waals surface area contributed by atoms with Gasteiger partial charge >= 0.3 is 5.97 Å². The molecule has 1 aliphatic carbocycles. The standard InChI is InChI=1S/C15H23N3O3/c1-3-5-10-8-13(18-17-10)16-14(19)11-6-9(4-2)7-12(11)15(20)21/h8-9,11-12H,3-7H2,1-2H3,(H,20,21)(H2,16,17,18,19). The van der Waals surface area contributed by atoms with Crippen molar-refractivity contribution in [2.45, 2.75) is 46.0 Å². The Morgan fingerprint density at radius 1 is 1.38 bits per heavy atom. The summed E-state index contributed by atoms with van der Waals surface area (Å²) in [7, 11) is 0. The normalized spacial score (nSPS) is 25.0. The van der Waals surface area contributed by atoms with Crippen LogP contribution in [0, 0.1) is 17.8 Å². The van der Waals surface area contributed by atoms with Gasteiger partial charge in [-0.1, -0.05) is 26.7 Å². The Kier molecular flexibility index (Phi) is 4.98. The van der Waals surface area contributed by atoms with Gasteiger partial charge in [-0.25, -0.2) is 0 Å². The van der Waals surface area contributed by atoms with Crippen LogP contribution in [-0.4, -0.2) is 27.2 Å². The fourth-order valence-electron chi connectivity index (χ4n) is 3.08. The highest BCUT2D eigenvalue weighted by Gasteiger charge is 2.42. The van der Waals surface area contributed by atoms with E-state index >= 15 is 0 Å². The second kappa shape index (κ2) is 6.74. The van der Waals surface area contributed by atoms with Crippen molar-refractivity contribution in [3.8, 4) is 0 Å². The number of nitrogens with one attached hydrogen (secondary N) is 2. The molecule has 3 N–H and O–H groups in total. The number of hydrogen-bond donors (Lipinski definition) is 3. The number of aromatic nitrogens is 2. The third-order valence-electron chi connectivity index (χ3n) is 4.29. The van der Waals surface area contributed by atoms with E-state index in [9.17, 15) is 14.7 Å². The molecule has 0 radical (unpaired) electrons. The largest absolute Gasteiger partial charge is 0.481 e. The van der Waals surface area contributed by atoms with Gasteiger partial charge in [-0.3, -0.25) is 14.7 Å². The number of rotatable bonds is 6. The molecule has 0 spiro atoms. The number of carbonyl (C=O) groups is 2. The molecule has 6 heteroatoms. The predicted octanol–water partition coefficient (Wildman–Crippen LogP) is 2.44. The zero-order valence-electron chi connectivity index (χ0n) is 12.6. The predicted molar refractivity (Wildman–Crippen MR) is 78.8 cm³/mol. The first-order chi connectivity index (χ1) is 10.0. The molecule has 116 valence electrons. The Bertz CT molecular complexity index is 512. The van der Waals surface area contributed by atoms with Gasteiger partial charge in [0.1, 0.15) is 0 Å². The van der Waals surface area contributed by atoms with Gasteiger partial charge in [-0.2, -0.15) is 5.10 Å². The number of hydrogen-bond acceptors (Lipinski definition) is 3. The summed E-state index contributed by atoms with van der Waals surface area (Å²) < 4.78 is 0. The smallest absolute Gasteiger partial charge is 0.307 e. The lowest BCUT2D eigenvalue weighted by Gasteiger charge is -2.14. The van der Waals surface area contributed by atoms with Crippen LogP contribution in [0.2, 0.25) is 0 Å². The number of carbonyl (C=O) groups excluding carboxylic acids is 1. The number of aromatic amines is 1. The van der Waals surface area contributed by atoms with Gasteiger partial charge < -0.3 is 10.4 Å². The van der Waals surface area contributed by atoms with Gasteiger partial charge in [-0.05, 0) is 25.2 Å². The van der Waals surface area contributed by atoms with E-state index in [2.05, 4.69) is 22.4 Å². The fraction of sp³-hybridized carbons (Fsp3) is 0.667. The molecule has 0 aromatic carbocycles. The van der Waals surface area contributed by atoms with Gasteiger partial charge in [-0.15, -0.1) is 0 Å². The Labute approximate surface area is 124 Å². The quantitative estimate of drug-likeness (QED) is 0.750. The zero-order chi connectivity index (χ0) is 15.4. The Morgan fingerprint density at radius 2 is 2.10 bits per heavy atom. The molecule has 21 heavy (non-hydrogen) atoms. The van der Waals surface area contributed by atoms with Gasteiger partial charge in [0, 0.05) is 11.8 Å². The molecule has 1 heterocycles. The summed E-state index contributed by atoms with van der Waals surface area (Å²) in [5.41, 5.74) is 0.973. The highest BCUT2D eigenvalue weighted by Crippen LogP contribution is 2.38. The molecule has 3 unspecified atom stereocenters. The molecule has 6 nitrogen and oxygen atoms in total. The number of aryl methyl sites for hydroxylation is 1. The molecular formula is C15H23N3O3. The number of carboxylic acid groups (broad SMARTS) is 1. The lowest BCUT2D eigenvalue weighted by Crippen LogP contribution is -2.30. The first kappa shape index (κ1) is 15.5. The second-order valence-electron chi connectivity index (χ2n) is 5.81. The van der Waals surface area contributed by atoms with Crippen molar-refractivity contribution in [2.75, 3.05) is 5.32 Å². The van der Waals surface area contributed by atoms with E-state index in [1.165, 1.54) is 0 Å². The van der Waals surface area contributed by atoms with Crippen molar-refractivity contribution >= 4 is 17.7 Å². The van der Waals surface area contributed by atoms with E-state index in [1.807, 2.05) is 13.0 Å². The van der Waals surface area contributed by atoms with Crippen LogP contribution in [0.3, 0.4) is 0 Å². The van der Waals surface area contributed by atoms with Crippen molar-refractivity contribution < 1.29 is 14.7 Å². The van der Waals surface area contributed by atoms with Crippen LogP contribution < -0.4 is 5.32 Å². The minimum atomic E-state index is -0.875. The van der Waals surface area contributed by atoms with E-state index in [0.717, 1.165) is 25.0 Å². The minimum Gasteiger partial charge on any atom is -0.481 e. The Balaban J connectivity index is 2.02. The highest BCUT2D eigenvalue weighted by molar-refractivity contribution is 5.94. The fourth-order valence-corrected chi connectivity index (χ4v) is 3.08. The van der Waals surface area contributed by atoms with Crippen molar-refractivity contribution in [2.24, 2.45) is 17.8 Å². The second-order valence-corrected chi connectivity index (χ2v) is 5.81. The molecule has 1 fully saturated rings. The summed E-state index contributed by atoms with van der Waals surface area (Å²) in [6.45, 7) is 4.11. The average Bonchev–Trinajstić information content (AvgIpc) is 3.05. The molecule has 1 saturated carbocycles. The topological polar surface area (TPSA) is 95.1 Å². The number of aliphatic carboxylic acids is 1. The summed E-state index contributed by atoms with van der Waals surface area (Å²) in [4.78, 5) is 23.6. The summed E-state index contributed by atoms with van der Waals surface area (Å²) >= 11 is 0. The monoisotopic (exact) mass is 293 g/mol. The number of anilines is 1. The lowest BCUT2D eigenvalue weighted by molar-refractivity contribution is -0.145. The molecule has 3 atom stereocenters. The number of nitrogens with zero attached hydrogens (tertiary/aromatic N) is 1. The van der Waals surface area contributed by atoms with E-state index in [0.29, 0.717) is 24.6 Å². The summed E-state index contributed by atoms with van der Waals surface area (Å²) in [5, 5.41) is 19.0. The zero-order valence-corrected chi connectivity index (χ0v) is 12.6. The van der Waals surface area contributed by atoms with E-state index in [1.54, 1.807) is 0 Å². The average molecular weight is 293 g/mol. The maximum absolute atomic E-state index is 12.3. The van der Waals surface area contributed by atoms with Crippen molar-refractivity contribution in [1.82, 2.24) is 10.2 Å². The highest BCUT2D eigenvalue weighted by atomic mass is 16.4. The van der Waals surface area contributed by atoms with Gasteiger partial charge in [0.15, 0.2) is 5.82 Å². The van der Waals surface area contributed by atoms with Gasteiger partial charge in [0.05, 0.1) is 11.8 Å². The van der Waals surface area contributed by atoms with Crippen LogP contribution in [0.25, 0.3) is 0 Å².